The Morgan fingerprint density at radius 3 is 1.89 bits per heavy atom. The number of urea groups is 1. The van der Waals surface area contributed by atoms with Crippen LogP contribution >= 0.6 is 0 Å². The Morgan fingerprint density at radius 2 is 1.50 bits per heavy atom. The van der Waals surface area contributed by atoms with Crippen molar-refractivity contribution in [3.8, 4) is 0 Å². The van der Waals surface area contributed by atoms with Crippen LogP contribution in [0.4, 0.5) is 16.2 Å². The predicted molar refractivity (Wildman–Crippen MR) is 71.1 cm³/mol. The van der Waals surface area contributed by atoms with Gasteiger partial charge in [-0.05, 0) is 30.2 Å². The van der Waals surface area contributed by atoms with E-state index in [1.165, 1.54) is 0 Å². The van der Waals surface area contributed by atoms with Crippen molar-refractivity contribution in [2.75, 3.05) is 10.6 Å². The van der Waals surface area contributed by atoms with E-state index in [2.05, 4.69) is 10.6 Å². The maximum Gasteiger partial charge on any atom is 0.316 e. The van der Waals surface area contributed by atoms with Gasteiger partial charge in [-0.2, -0.15) is 0 Å². The number of nitrogens with one attached hydrogen (secondary N) is 2. The zero-order valence-corrected chi connectivity index (χ0v) is 10.4. The normalized spacial score (nSPS) is 12.0. The predicted octanol–water partition coefficient (Wildman–Crippen LogP) is 1.10. The molecule has 0 unspecified atom stereocenters. The number of benzene rings is 1. The van der Waals surface area contributed by atoms with E-state index in [1.807, 2.05) is 13.8 Å². The first-order chi connectivity index (χ1) is 8.40. The van der Waals surface area contributed by atoms with E-state index in [4.69, 9.17) is 11.5 Å². The van der Waals surface area contributed by atoms with Crippen molar-refractivity contribution in [2.45, 2.75) is 19.9 Å². The summed E-state index contributed by atoms with van der Waals surface area (Å²) >= 11 is 0. The van der Waals surface area contributed by atoms with Crippen molar-refractivity contribution in [3.05, 3.63) is 24.3 Å². The zero-order valence-electron chi connectivity index (χ0n) is 10.4. The number of rotatable bonds is 4. The van der Waals surface area contributed by atoms with Crippen LogP contribution in [0, 0.1) is 5.92 Å². The van der Waals surface area contributed by atoms with Gasteiger partial charge in [0.2, 0.25) is 5.91 Å². The first-order valence-electron chi connectivity index (χ1n) is 5.63. The van der Waals surface area contributed by atoms with Crippen LogP contribution in [-0.2, 0) is 4.79 Å². The number of nitrogens with two attached hydrogens (primary N) is 2. The monoisotopic (exact) mass is 250 g/mol. The molecule has 0 aliphatic rings. The lowest BCUT2D eigenvalue weighted by atomic mass is 10.0. The first kappa shape index (κ1) is 14.0. The van der Waals surface area contributed by atoms with Crippen LogP contribution in [0.15, 0.2) is 24.3 Å². The third-order valence-corrected chi connectivity index (χ3v) is 2.44. The second kappa shape index (κ2) is 6.02. The molecule has 0 saturated carbocycles. The molecule has 0 saturated heterocycles. The standard InChI is InChI=1S/C12H18N4O2/c1-7(2)10(13)11(17)15-8-3-5-9(6-4-8)16-12(14)18/h3-7,10H,13H2,1-2H3,(H,15,17)(H3,14,16,18)/t10-/m1/s1. The van der Waals surface area contributed by atoms with Gasteiger partial charge in [0.25, 0.3) is 0 Å². The van der Waals surface area contributed by atoms with Crippen LogP contribution in [0.2, 0.25) is 0 Å². The average Bonchev–Trinajstić information content (AvgIpc) is 2.29. The molecule has 98 valence electrons. The molecule has 3 amide bonds. The summed E-state index contributed by atoms with van der Waals surface area (Å²) in [5.74, 6) is -0.165. The number of primary amides is 1. The van der Waals surface area contributed by atoms with E-state index in [9.17, 15) is 9.59 Å². The maximum absolute atomic E-state index is 11.7. The highest BCUT2D eigenvalue weighted by Crippen LogP contribution is 2.14. The van der Waals surface area contributed by atoms with Gasteiger partial charge in [-0.25, -0.2) is 4.79 Å². The molecule has 18 heavy (non-hydrogen) atoms. The highest BCUT2D eigenvalue weighted by Gasteiger charge is 2.16. The number of amides is 3. The van der Waals surface area contributed by atoms with Crippen molar-refractivity contribution in [3.63, 3.8) is 0 Å². The van der Waals surface area contributed by atoms with Gasteiger partial charge in [-0.15, -0.1) is 0 Å². The minimum atomic E-state index is -0.631. The topological polar surface area (TPSA) is 110 Å². The molecule has 1 atom stereocenters. The molecule has 0 radical (unpaired) electrons. The van der Waals surface area contributed by atoms with Crippen molar-refractivity contribution >= 4 is 23.3 Å². The second-order valence-electron chi connectivity index (χ2n) is 4.33. The molecule has 1 rings (SSSR count). The third-order valence-electron chi connectivity index (χ3n) is 2.44. The molecule has 1 aromatic carbocycles. The molecule has 0 aliphatic carbocycles. The van der Waals surface area contributed by atoms with Gasteiger partial charge in [0, 0.05) is 11.4 Å². The summed E-state index contributed by atoms with van der Waals surface area (Å²) in [6.45, 7) is 3.76. The van der Waals surface area contributed by atoms with Gasteiger partial charge in [0.1, 0.15) is 0 Å². The number of anilines is 2. The fourth-order valence-corrected chi connectivity index (χ4v) is 1.31. The van der Waals surface area contributed by atoms with Gasteiger partial charge < -0.3 is 22.1 Å². The summed E-state index contributed by atoms with van der Waals surface area (Å²) in [5, 5.41) is 5.12. The van der Waals surface area contributed by atoms with Gasteiger partial charge in [-0.1, -0.05) is 13.8 Å². The van der Waals surface area contributed by atoms with Crippen LogP contribution in [0.25, 0.3) is 0 Å². The lowest BCUT2D eigenvalue weighted by Gasteiger charge is -2.15. The Morgan fingerprint density at radius 1 is 1.06 bits per heavy atom. The van der Waals surface area contributed by atoms with Crippen LogP contribution in [0.1, 0.15) is 13.8 Å². The Labute approximate surface area is 106 Å². The third kappa shape index (κ3) is 4.06. The molecule has 1 aromatic rings. The summed E-state index contributed by atoms with van der Waals surface area (Å²) < 4.78 is 0. The van der Waals surface area contributed by atoms with Gasteiger partial charge in [0.05, 0.1) is 6.04 Å². The van der Waals surface area contributed by atoms with Crippen molar-refractivity contribution < 1.29 is 9.59 Å². The number of hydrogen-bond acceptors (Lipinski definition) is 3. The Kier molecular flexibility index (Phi) is 4.67. The van der Waals surface area contributed by atoms with Crippen LogP contribution in [0.3, 0.4) is 0 Å². The SMILES string of the molecule is CC(C)[C@@H](N)C(=O)Nc1ccc(NC(N)=O)cc1. The highest BCUT2D eigenvalue weighted by molar-refractivity contribution is 5.95. The van der Waals surface area contributed by atoms with Crippen LogP contribution < -0.4 is 22.1 Å². The molecule has 6 N–H and O–H groups in total. The molecule has 0 heterocycles. The van der Waals surface area contributed by atoms with E-state index >= 15 is 0 Å². The van der Waals surface area contributed by atoms with E-state index in [1.54, 1.807) is 24.3 Å². The van der Waals surface area contributed by atoms with Crippen molar-refractivity contribution in [2.24, 2.45) is 17.4 Å². The molecule has 6 nitrogen and oxygen atoms in total. The maximum atomic E-state index is 11.7. The second-order valence-corrected chi connectivity index (χ2v) is 4.33. The minimum absolute atomic E-state index is 0.0702. The summed E-state index contributed by atoms with van der Waals surface area (Å²) in [5.41, 5.74) is 11.9. The minimum Gasteiger partial charge on any atom is -0.351 e. The molecule has 0 spiro atoms. The van der Waals surface area contributed by atoms with E-state index < -0.39 is 12.1 Å². The average molecular weight is 250 g/mol. The zero-order chi connectivity index (χ0) is 13.7. The molecule has 0 bridgehead atoms. The van der Waals surface area contributed by atoms with Crippen LogP contribution in [-0.4, -0.2) is 18.0 Å². The number of carbonyl (C=O) groups is 2. The Hall–Kier alpha value is -2.08. The van der Waals surface area contributed by atoms with Crippen LogP contribution in [0.5, 0.6) is 0 Å². The smallest absolute Gasteiger partial charge is 0.316 e. The van der Waals surface area contributed by atoms with Gasteiger partial charge in [-0.3, -0.25) is 4.79 Å². The lowest BCUT2D eigenvalue weighted by molar-refractivity contribution is -0.118. The molecule has 6 heteroatoms. The first-order valence-corrected chi connectivity index (χ1v) is 5.63. The Balaban J connectivity index is 2.63. The number of hydrogen-bond donors (Lipinski definition) is 4. The van der Waals surface area contributed by atoms with E-state index in [0.29, 0.717) is 11.4 Å². The van der Waals surface area contributed by atoms with Gasteiger partial charge in [0.15, 0.2) is 0 Å². The largest absolute Gasteiger partial charge is 0.351 e. The lowest BCUT2D eigenvalue weighted by Crippen LogP contribution is -2.39. The van der Waals surface area contributed by atoms with E-state index in [0.717, 1.165) is 0 Å². The molecule has 0 fully saturated rings. The molecular weight excluding hydrogens is 232 g/mol. The number of carbonyl (C=O) groups excluding carboxylic acids is 2. The van der Waals surface area contributed by atoms with Crippen molar-refractivity contribution in [1.29, 1.82) is 0 Å². The highest BCUT2D eigenvalue weighted by atomic mass is 16.2. The summed E-state index contributed by atoms with van der Waals surface area (Å²) in [4.78, 5) is 22.3. The fraction of sp³-hybridized carbons (Fsp3) is 0.333. The Bertz CT molecular complexity index is 428. The fourth-order valence-electron chi connectivity index (χ4n) is 1.31. The summed E-state index contributed by atoms with van der Waals surface area (Å²) in [6, 6.07) is 5.43. The quantitative estimate of drug-likeness (QED) is 0.642. The molecule has 0 aliphatic heterocycles. The molecule has 0 aromatic heterocycles. The summed E-state index contributed by atoms with van der Waals surface area (Å²) in [7, 11) is 0. The summed E-state index contributed by atoms with van der Waals surface area (Å²) in [6.07, 6.45) is 0. The molecular formula is C12H18N4O2. The van der Waals surface area contributed by atoms with Crippen molar-refractivity contribution in [1.82, 2.24) is 0 Å². The van der Waals surface area contributed by atoms with Gasteiger partial charge >= 0.3 is 6.03 Å². The van der Waals surface area contributed by atoms with E-state index in [-0.39, 0.29) is 11.8 Å².